The summed E-state index contributed by atoms with van der Waals surface area (Å²) < 4.78 is 7.89. The maximum atomic E-state index is 12.7. The highest BCUT2D eigenvalue weighted by atomic mass is 16.5. The van der Waals surface area contributed by atoms with Crippen molar-refractivity contribution >= 4 is 34.0 Å². The number of benzene rings is 3. The van der Waals surface area contributed by atoms with Crippen molar-refractivity contribution in [3.05, 3.63) is 102 Å². The van der Waals surface area contributed by atoms with Crippen molar-refractivity contribution in [3.63, 3.8) is 0 Å². The zero-order valence-corrected chi connectivity index (χ0v) is 19.6. The minimum absolute atomic E-state index is 0.0381. The summed E-state index contributed by atoms with van der Waals surface area (Å²) in [5.74, 6) is -0.606. The van der Waals surface area contributed by atoms with Crippen LogP contribution in [0.5, 0.6) is 5.75 Å². The van der Waals surface area contributed by atoms with Crippen LogP contribution in [0.15, 0.2) is 91.1 Å². The summed E-state index contributed by atoms with van der Waals surface area (Å²) in [5.41, 5.74) is 4.76. The molecule has 1 aromatic heterocycles. The fourth-order valence-corrected chi connectivity index (χ4v) is 3.91. The first-order valence-electron chi connectivity index (χ1n) is 11.6. The number of carbonyl (C=O) groups is 2. The molecular weight excluding hydrogens is 440 g/mol. The number of nitrogens with zero attached hydrogens (tertiary/aromatic N) is 1. The zero-order chi connectivity index (χ0) is 24.6. The number of amides is 1. The van der Waals surface area contributed by atoms with E-state index < -0.39 is 5.97 Å². The standard InChI is InChI=1S/C29H28N2O4/c1-21(18-28(32)30-25-10-5-6-11-27(25)35-17-7-12-29(33)34)23-13-14-26-24(19-23)15-16-31(26)20-22-8-3-2-4-9-22/h2-6,8-11,13-16,18-19H,7,12,17,20H2,1H3,(H,30,32)(H,33,34)/b21-18+. The molecule has 0 saturated heterocycles. The van der Waals surface area contributed by atoms with E-state index in [0.29, 0.717) is 17.9 Å². The molecular formula is C29H28N2O4. The van der Waals surface area contributed by atoms with Crippen molar-refractivity contribution in [2.24, 2.45) is 0 Å². The zero-order valence-electron chi connectivity index (χ0n) is 19.6. The molecule has 0 atom stereocenters. The fraction of sp³-hybridized carbons (Fsp3) is 0.172. The Hall–Kier alpha value is -4.32. The van der Waals surface area contributed by atoms with Crippen LogP contribution in [0.4, 0.5) is 5.69 Å². The molecule has 6 heteroatoms. The third-order valence-electron chi connectivity index (χ3n) is 5.71. The summed E-state index contributed by atoms with van der Waals surface area (Å²) in [6, 6.07) is 25.8. The van der Waals surface area contributed by atoms with Crippen molar-refractivity contribution in [2.75, 3.05) is 11.9 Å². The number of hydrogen-bond acceptors (Lipinski definition) is 3. The summed E-state index contributed by atoms with van der Waals surface area (Å²) in [5, 5.41) is 12.7. The van der Waals surface area contributed by atoms with Crippen LogP contribution in [0.25, 0.3) is 16.5 Å². The number of allylic oxidation sites excluding steroid dienone is 1. The van der Waals surface area contributed by atoms with Gasteiger partial charge in [-0.15, -0.1) is 0 Å². The maximum Gasteiger partial charge on any atom is 0.303 e. The van der Waals surface area contributed by atoms with E-state index in [9.17, 15) is 9.59 Å². The molecule has 0 fully saturated rings. The normalized spacial score (nSPS) is 11.4. The monoisotopic (exact) mass is 468 g/mol. The minimum atomic E-state index is -0.859. The molecule has 0 radical (unpaired) electrons. The molecule has 4 aromatic rings. The van der Waals surface area contributed by atoms with Gasteiger partial charge in [0.15, 0.2) is 0 Å². The predicted octanol–water partition coefficient (Wildman–Crippen LogP) is 5.98. The number of carbonyl (C=O) groups excluding carboxylic acids is 1. The summed E-state index contributed by atoms with van der Waals surface area (Å²) >= 11 is 0. The SMILES string of the molecule is C/C(=C\C(=O)Nc1ccccc1OCCCC(=O)O)c1ccc2c(ccn2Cc2ccccc2)c1. The van der Waals surface area contributed by atoms with Crippen molar-refractivity contribution in [2.45, 2.75) is 26.3 Å². The number of rotatable bonds is 10. The smallest absolute Gasteiger partial charge is 0.303 e. The maximum absolute atomic E-state index is 12.7. The Labute approximate surface area is 204 Å². The van der Waals surface area contributed by atoms with Crippen LogP contribution < -0.4 is 10.1 Å². The number of hydrogen-bond donors (Lipinski definition) is 2. The first-order chi connectivity index (χ1) is 17.0. The largest absolute Gasteiger partial charge is 0.491 e. The van der Waals surface area contributed by atoms with E-state index in [2.05, 4.69) is 46.4 Å². The number of carboxylic acid groups (broad SMARTS) is 1. The molecule has 0 unspecified atom stereocenters. The molecule has 4 rings (SSSR count). The lowest BCUT2D eigenvalue weighted by Crippen LogP contribution is -2.11. The second-order valence-corrected chi connectivity index (χ2v) is 8.36. The van der Waals surface area contributed by atoms with E-state index in [4.69, 9.17) is 9.84 Å². The molecule has 1 heterocycles. The second kappa shape index (κ2) is 11.2. The van der Waals surface area contributed by atoms with Gasteiger partial charge in [0.05, 0.1) is 12.3 Å². The van der Waals surface area contributed by atoms with Crippen molar-refractivity contribution in [1.29, 1.82) is 0 Å². The van der Waals surface area contributed by atoms with E-state index in [1.807, 2.05) is 43.3 Å². The van der Waals surface area contributed by atoms with Crippen LogP contribution in [0.1, 0.15) is 30.9 Å². The van der Waals surface area contributed by atoms with Crippen molar-refractivity contribution in [3.8, 4) is 5.75 Å². The summed E-state index contributed by atoms with van der Waals surface area (Å²) in [4.78, 5) is 23.4. The molecule has 3 aromatic carbocycles. The minimum Gasteiger partial charge on any atom is -0.491 e. The van der Waals surface area contributed by atoms with Crippen LogP contribution in [0.3, 0.4) is 0 Å². The molecule has 35 heavy (non-hydrogen) atoms. The van der Waals surface area contributed by atoms with E-state index in [1.165, 1.54) is 5.56 Å². The van der Waals surface area contributed by atoms with Crippen molar-refractivity contribution in [1.82, 2.24) is 4.57 Å². The van der Waals surface area contributed by atoms with Crippen LogP contribution in [0.2, 0.25) is 0 Å². The third kappa shape index (κ3) is 6.38. The predicted molar refractivity (Wildman–Crippen MR) is 139 cm³/mol. The van der Waals surface area contributed by atoms with Gasteiger partial charge in [0.2, 0.25) is 5.91 Å². The average Bonchev–Trinajstić information content (AvgIpc) is 3.25. The molecule has 0 spiro atoms. The van der Waals surface area contributed by atoms with Gasteiger partial charge >= 0.3 is 5.97 Å². The van der Waals surface area contributed by atoms with Gasteiger partial charge in [0.25, 0.3) is 0 Å². The number of nitrogens with one attached hydrogen (secondary N) is 1. The lowest BCUT2D eigenvalue weighted by molar-refractivity contribution is -0.137. The number of aliphatic carboxylic acids is 1. The quantitative estimate of drug-likeness (QED) is 0.222. The van der Waals surface area contributed by atoms with Gasteiger partial charge in [0, 0.05) is 36.1 Å². The van der Waals surface area contributed by atoms with Crippen LogP contribution in [-0.2, 0) is 16.1 Å². The van der Waals surface area contributed by atoms with Crippen molar-refractivity contribution < 1.29 is 19.4 Å². The Morgan fingerprint density at radius 3 is 2.57 bits per heavy atom. The van der Waals surface area contributed by atoms with Crippen LogP contribution in [0, 0.1) is 0 Å². The third-order valence-corrected chi connectivity index (χ3v) is 5.71. The molecule has 6 nitrogen and oxygen atoms in total. The van der Waals surface area contributed by atoms with E-state index >= 15 is 0 Å². The van der Waals surface area contributed by atoms with Gasteiger partial charge in [-0.25, -0.2) is 0 Å². The van der Waals surface area contributed by atoms with E-state index in [-0.39, 0.29) is 18.9 Å². The molecule has 2 N–H and O–H groups in total. The average molecular weight is 469 g/mol. The summed E-state index contributed by atoms with van der Waals surface area (Å²) in [6.07, 6.45) is 4.09. The van der Waals surface area contributed by atoms with Gasteiger partial charge in [-0.3, -0.25) is 9.59 Å². The highest BCUT2D eigenvalue weighted by Crippen LogP contribution is 2.26. The molecule has 0 saturated carbocycles. The Balaban J connectivity index is 1.43. The first kappa shape index (κ1) is 23.8. The van der Waals surface area contributed by atoms with Gasteiger partial charge in [-0.1, -0.05) is 48.5 Å². The number of para-hydroxylation sites is 2. The number of ether oxygens (including phenoxy) is 1. The second-order valence-electron chi connectivity index (χ2n) is 8.36. The lowest BCUT2D eigenvalue weighted by Gasteiger charge is -2.11. The highest BCUT2D eigenvalue weighted by Gasteiger charge is 2.09. The number of carboxylic acids is 1. The van der Waals surface area contributed by atoms with Crippen LogP contribution in [-0.4, -0.2) is 28.2 Å². The molecule has 0 aliphatic heterocycles. The number of aromatic nitrogens is 1. The van der Waals surface area contributed by atoms with Gasteiger partial charge in [-0.05, 0) is 60.4 Å². The number of fused-ring (bicyclic) bond motifs is 1. The molecule has 0 aliphatic carbocycles. The van der Waals surface area contributed by atoms with E-state index in [0.717, 1.165) is 28.6 Å². The molecule has 178 valence electrons. The molecule has 0 bridgehead atoms. The van der Waals surface area contributed by atoms with Gasteiger partial charge in [-0.2, -0.15) is 0 Å². The fourth-order valence-electron chi connectivity index (χ4n) is 3.91. The number of anilines is 1. The molecule has 1 amide bonds. The Morgan fingerprint density at radius 2 is 1.77 bits per heavy atom. The Morgan fingerprint density at radius 1 is 1.00 bits per heavy atom. The Bertz CT molecular complexity index is 1360. The topological polar surface area (TPSA) is 80.6 Å². The summed E-state index contributed by atoms with van der Waals surface area (Å²) in [6.45, 7) is 2.98. The summed E-state index contributed by atoms with van der Waals surface area (Å²) in [7, 11) is 0. The highest BCUT2D eigenvalue weighted by molar-refractivity contribution is 6.04. The van der Waals surface area contributed by atoms with E-state index in [1.54, 1.807) is 18.2 Å². The Kier molecular flexibility index (Phi) is 7.63. The lowest BCUT2D eigenvalue weighted by atomic mass is 10.0. The van der Waals surface area contributed by atoms with Gasteiger partial charge in [0.1, 0.15) is 5.75 Å². The van der Waals surface area contributed by atoms with Crippen LogP contribution >= 0.6 is 0 Å². The van der Waals surface area contributed by atoms with Gasteiger partial charge < -0.3 is 19.7 Å². The first-order valence-corrected chi connectivity index (χ1v) is 11.6. The molecule has 0 aliphatic rings.